The minimum absolute atomic E-state index is 0.00819. The summed E-state index contributed by atoms with van der Waals surface area (Å²) in [5, 5.41) is 14.9. The minimum atomic E-state index is -0.463. The van der Waals surface area contributed by atoms with Crippen LogP contribution in [0.5, 0.6) is 5.75 Å². The molecule has 44 heavy (non-hydrogen) atoms. The summed E-state index contributed by atoms with van der Waals surface area (Å²) in [6.45, 7) is 6.03. The summed E-state index contributed by atoms with van der Waals surface area (Å²) < 4.78 is 5.55. The molecule has 12 heteroatoms. The number of nitrogens with two attached hydrogens (primary N) is 3. The van der Waals surface area contributed by atoms with Crippen molar-refractivity contribution in [2.45, 2.75) is 19.3 Å². The Hall–Kier alpha value is -4.00. The summed E-state index contributed by atoms with van der Waals surface area (Å²) in [6, 6.07) is 13.4. The van der Waals surface area contributed by atoms with Crippen LogP contribution < -0.4 is 31.1 Å². The minimum Gasteiger partial charge on any atom is -0.496 e. The van der Waals surface area contributed by atoms with Crippen molar-refractivity contribution >= 4 is 46.9 Å². The van der Waals surface area contributed by atoms with Gasteiger partial charge in [-0.15, -0.1) is 0 Å². The Labute approximate surface area is 263 Å². The van der Waals surface area contributed by atoms with Crippen molar-refractivity contribution in [2.24, 2.45) is 22.0 Å². The monoisotopic (exact) mass is 618 g/mol. The molecule has 0 atom stereocenters. The predicted molar refractivity (Wildman–Crippen MR) is 178 cm³/mol. The van der Waals surface area contributed by atoms with Crippen molar-refractivity contribution in [1.82, 2.24) is 9.80 Å². The van der Waals surface area contributed by atoms with Gasteiger partial charge in [-0.05, 0) is 55.7 Å². The number of nitrogens with one attached hydrogen (secondary N) is 1. The Morgan fingerprint density at radius 1 is 1.00 bits per heavy atom. The maximum Gasteiger partial charge on any atom is 0.253 e. The number of ether oxygens (including phenoxy) is 1. The molecule has 0 saturated carbocycles. The Kier molecular flexibility index (Phi) is 9.82. The number of carbonyl (C=O) groups excluding carboxylic acids is 2. The fourth-order valence-electron chi connectivity index (χ4n) is 6.52. The van der Waals surface area contributed by atoms with Crippen LogP contribution >= 0.6 is 11.9 Å². The molecule has 11 nitrogen and oxygen atoms in total. The summed E-state index contributed by atoms with van der Waals surface area (Å²) in [5.41, 5.74) is 15.8. The third kappa shape index (κ3) is 6.42. The lowest BCUT2D eigenvalue weighted by Gasteiger charge is -2.38. The third-order valence-electron chi connectivity index (χ3n) is 9.14. The first kappa shape index (κ1) is 31.4. The molecule has 3 saturated heterocycles. The summed E-state index contributed by atoms with van der Waals surface area (Å²) in [5.74, 6) is 0.668. The van der Waals surface area contributed by atoms with Gasteiger partial charge in [0.2, 0.25) is 5.91 Å². The fraction of sp³-hybridized carbons (Fsp3) is 0.406. The highest BCUT2D eigenvalue weighted by Crippen LogP contribution is 2.44. The highest BCUT2D eigenvalue weighted by molar-refractivity contribution is 8.00. The molecular weight excluding hydrogens is 576 g/mol. The third-order valence-corrected chi connectivity index (χ3v) is 9.58. The molecule has 0 radical (unpaired) electrons. The van der Waals surface area contributed by atoms with Gasteiger partial charge in [-0.1, -0.05) is 11.9 Å². The first-order valence-corrected chi connectivity index (χ1v) is 15.9. The second-order valence-corrected chi connectivity index (χ2v) is 12.1. The normalized spacial score (nSPS) is 19.5. The number of anilines is 2. The summed E-state index contributed by atoms with van der Waals surface area (Å²) in [7, 11) is 1.57. The lowest BCUT2D eigenvalue weighted by Crippen LogP contribution is -2.47. The van der Waals surface area contributed by atoms with Gasteiger partial charge in [0, 0.05) is 110 Å². The van der Waals surface area contributed by atoms with E-state index in [1.54, 1.807) is 12.5 Å². The van der Waals surface area contributed by atoms with Crippen molar-refractivity contribution in [1.29, 1.82) is 5.41 Å². The van der Waals surface area contributed by atoms with E-state index in [4.69, 9.17) is 26.8 Å². The topological polar surface area (TPSA) is 158 Å². The van der Waals surface area contributed by atoms with Crippen LogP contribution in [0.25, 0.3) is 5.57 Å². The van der Waals surface area contributed by atoms with Crippen molar-refractivity contribution in [2.75, 3.05) is 69.3 Å². The zero-order valence-electron chi connectivity index (χ0n) is 25.2. The van der Waals surface area contributed by atoms with Gasteiger partial charge < -0.3 is 36.3 Å². The van der Waals surface area contributed by atoms with Crippen LogP contribution in [0.1, 0.15) is 35.2 Å². The summed E-state index contributed by atoms with van der Waals surface area (Å²) in [4.78, 5) is 35.5. The molecule has 3 aliphatic rings. The molecule has 234 valence electrons. The second-order valence-electron chi connectivity index (χ2n) is 11.6. The van der Waals surface area contributed by atoms with E-state index < -0.39 is 5.41 Å². The molecule has 3 aliphatic heterocycles. The first-order valence-electron chi connectivity index (χ1n) is 14.9. The lowest BCUT2D eigenvalue weighted by atomic mass is 9.77. The van der Waals surface area contributed by atoms with Crippen LogP contribution in [0.4, 0.5) is 11.4 Å². The molecule has 7 N–H and O–H groups in total. The van der Waals surface area contributed by atoms with Crippen LogP contribution in [-0.4, -0.2) is 87.3 Å². The zero-order chi connectivity index (χ0) is 31.3. The number of methoxy groups -OCH3 is 1. The molecule has 0 bridgehead atoms. The number of carbonyl (C=O) groups is 2. The maximum absolute atomic E-state index is 13.7. The smallest absolute Gasteiger partial charge is 0.253 e. The van der Waals surface area contributed by atoms with E-state index >= 15 is 0 Å². The van der Waals surface area contributed by atoms with Crippen molar-refractivity contribution in [3.63, 3.8) is 0 Å². The van der Waals surface area contributed by atoms with Crippen LogP contribution in [0.2, 0.25) is 0 Å². The molecule has 3 heterocycles. The molecular formula is C32H42N8O3S. The quantitative estimate of drug-likeness (QED) is 0.245. The van der Waals surface area contributed by atoms with E-state index in [0.29, 0.717) is 61.5 Å². The number of benzene rings is 2. The number of rotatable bonds is 9. The Morgan fingerprint density at radius 2 is 1.66 bits per heavy atom. The van der Waals surface area contributed by atoms with Gasteiger partial charge in [0.05, 0.1) is 12.5 Å². The van der Waals surface area contributed by atoms with Crippen LogP contribution in [0.3, 0.4) is 0 Å². The van der Waals surface area contributed by atoms with E-state index in [-0.39, 0.29) is 11.8 Å². The Bertz CT molecular complexity index is 1430. The molecule has 3 fully saturated rings. The van der Waals surface area contributed by atoms with Gasteiger partial charge in [0.25, 0.3) is 5.91 Å². The van der Waals surface area contributed by atoms with Gasteiger partial charge in [0.15, 0.2) is 0 Å². The van der Waals surface area contributed by atoms with Crippen molar-refractivity contribution in [3.8, 4) is 5.75 Å². The molecule has 0 unspecified atom stereocenters. The highest BCUT2D eigenvalue weighted by atomic mass is 32.2. The standard InChI is InChI=1S/C32H42N8O3S/c1-43-29-18-27(6-7-28(29)24(19-33)20-34)40-13-10-32(31(40)42)8-11-39(12-9-32)30(41)23-2-4-26(5-3-23)38-16-14-37(15-17-38)21-25(35)22-44-36/h2-7,18-20,22,33H,8-17,21,34-36H2,1H3/b24-20+,25-22-,33-19?. The summed E-state index contributed by atoms with van der Waals surface area (Å²) >= 11 is 1.13. The van der Waals surface area contributed by atoms with Gasteiger partial charge in [-0.25, -0.2) is 0 Å². The van der Waals surface area contributed by atoms with E-state index in [0.717, 1.165) is 61.6 Å². The van der Waals surface area contributed by atoms with E-state index in [2.05, 4.69) is 9.80 Å². The van der Waals surface area contributed by atoms with Crippen molar-refractivity contribution < 1.29 is 14.3 Å². The average Bonchev–Trinajstić information content (AvgIpc) is 3.37. The van der Waals surface area contributed by atoms with Crippen LogP contribution in [-0.2, 0) is 4.79 Å². The maximum atomic E-state index is 13.7. The second kappa shape index (κ2) is 13.7. The average molecular weight is 619 g/mol. The molecule has 2 aromatic carbocycles. The number of likely N-dealkylation sites (tertiary alicyclic amines) is 1. The van der Waals surface area contributed by atoms with E-state index in [1.165, 1.54) is 12.4 Å². The number of piperidine rings is 1. The van der Waals surface area contributed by atoms with Crippen LogP contribution in [0, 0.1) is 10.8 Å². The molecule has 0 aromatic heterocycles. The number of piperazine rings is 1. The number of hydrogen-bond donors (Lipinski definition) is 4. The molecule has 2 amide bonds. The van der Waals surface area contributed by atoms with Gasteiger partial charge >= 0.3 is 0 Å². The zero-order valence-corrected chi connectivity index (χ0v) is 26.0. The van der Waals surface area contributed by atoms with Gasteiger partial charge in [-0.3, -0.25) is 19.6 Å². The fourth-order valence-corrected chi connectivity index (χ4v) is 6.76. The van der Waals surface area contributed by atoms with Crippen molar-refractivity contribution in [3.05, 3.63) is 70.9 Å². The predicted octanol–water partition coefficient (Wildman–Crippen LogP) is 2.83. The molecule has 2 aromatic rings. The Balaban J connectivity index is 1.16. The number of amides is 2. The molecule has 1 spiro atoms. The SMILES string of the molecule is COc1cc(N2CCC3(CCN(C(=O)c4ccc(N5CCN(C/C(N)=C/SN)CC5)cc4)CC3)C2=O)ccc1/C(C=N)=C/N. The van der Waals surface area contributed by atoms with E-state index in [1.807, 2.05) is 52.3 Å². The number of hydrogen-bond acceptors (Lipinski definition) is 10. The van der Waals surface area contributed by atoms with E-state index in [9.17, 15) is 9.59 Å². The summed E-state index contributed by atoms with van der Waals surface area (Å²) in [6.07, 6.45) is 4.59. The largest absolute Gasteiger partial charge is 0.496 e. The molecule has 0 aliphatic carbocycles. The first-order chi connectivity index (χ1) is 21.3. The van der Waals surface area contributed by atoms with Gasteiger partial charge in [0.1, 0.15) is 5.75 Å². The lowest BCUT2D eigenvalue weighted by molar-refractivity contribution is -0.127. The Morgan fingerprint density at radius 3 is 2.27 bits per heavy atom. The highest BCUT2D eigenvalue weighted by Gasteiger charge is 2.49. The number of nitrogens with zero attached hydrogens (tertiary/aromatic N) is 4. The van der Waals surface area contributed by atoms with Crippen LogP contribution in [0.15, 0.2) is 59.8 Å². The number of allylic oxidation sites excluding steroid dienone is 1. The molecule has 5 rings (SSSR count). The van der Waals surface area contributed by atoms with Gasteiger partial charge in [-0.2, -0.15) is 0 Å².